The zero-order valence-electron chi connectivity index (χ0n) is 13.3. The fourth-order valence-electron chi connectivity index (χ4n) is 2.20. The van der Waals surface area contributed by atoms with Crippen molar-refractivity contribution >= 4 is 28.9 Å². The number of amides is 1. The number of furan rings is 1. The van der Waals surface area contributed by atoms with Gasteiger partial charge in [0.05, 0.1) is 15.6 Å². The molecule has 0 spiro atoms. The van der Waals surface area contributed by atoms with Gasteiger partial charge in [-0.1, -0.05) is 35.9 Å². The number of nitrogens with zero attached hydrogens (tertiary/aromatic N) is 1. The summed E-state index contributed by atoms with van der Waals surface area (Å²) in [6.45, 7) is -0.0514. The van der Waals surface area contributed by atoms with Crippen LogP contribution in [0.25, 0.3) is 0 Å². The van der Waals surface area contributed by atoms with Gasteiger partial charge in [-0.05, 0) is 30.3 Å². The van der Waals surface area contributed by atoms with Crippen LogP contribution in [-0.2, 0) is 6.61 Å². The molecule has 1 heterocycles. The molecule has 0 saturated heterocycles. The molecule has 0 bridgehead atoms. The van der Waals surface area contributed by atoms with Crippen LogP contribution < -0.4 is 10.1 Å². The minimum absolute atomic E-state index is 0.0514. The molecule has 0 aliphatic carbocycles. The molecule has 0 saturated carbocycles. The Balaban J connectivity index is 1.66. The maximum Gasteiger partial charge on any atom is 0.310 e. The van der Waals surface area contributed by atoms with Gasteiger partial charge in [-0.2, -0.15) is 0 Å². The molecule has 1 amide bonds. The van der Waals surface area contributed by atoms with Crippen LogP contribution in [0.4, 0.5) is 11.4 Å². The maximum absolute atomic E-state index is 12.2. The lowest BCUT2D eigenvalue weighted by atomic mass is 10.3. The van der Waals surface area contributed by atoms with E-state index >= 15 is 0 Å². The van der Waals surface area contributed by atoms with Crippen molar-refractivity contribution in [2.75, 3.05) is 5.32 Å². The second-order valence-electron chi connectivity index (χ2n) is 5.21. The van der Waals surface area contributed by atoms with Crippen molar-refractivity contribution in [3.8, 4) is 5.75 Å². The lowest BCUT2D eigenvalue weighted by molar-refractivity contribution is -0.386. The van der Waals surface area contributed by atoms with Crippen LogP contribution in [0, 0.1) is 10.1 Å². The Morgan fingerprint density at radius 3 is 2.62 bits per heavy atom. The average molecular weight is 373 g/mol. The fraction of sp³-hybridized carbons (Fsp3) is 0.0556. The number of nitro benzene ring substituents is 1. The van der Waals surface area contributed by atoms with Crippen LogP contribution in [0.5, 0.6) is 5.75 Å². The van der Waals surface area contributed by atoms with Crippen molar-refractivity contribution in [1.29, 1.82) is 0 Å². The Hall–Kier alpha value is -3.32. The zero-order chi connectivity index (χ0) is 18.5. The highest BCUT2D eigenvalue weighted by Crippen LogP contribution is 2.27. The number of halogens is 1. The first-order valence-corrected chi connectivity index (χ1v) is 7.93. The SMILES string of the molecule is O=C(Nc1ccccc1Cl)c1ccc(COc2ccccc2[N+](=O)[O-])o1. The van der Waals surface area contributed by atoms with Crippen molar-refractivity contribution in [3.05, 3.63) is 87.3 Å². The van der Waals surface area contributed by atoms with E-state index in [1.807, 2.05) is 0 Å². The van der Waals surface area contributed by atoms with Crippen molar-refractivity contribution in [2.24, 2.45) is 0 Å². The summed E-state index contributed by atoms with van der Waals surface area (Å²) in [5, 5.41) is 14.0. The number of nitrogens with one attached hydrogen (secondary N) is 1. The first-order chi connectivity index (χ1) is 12.5. The first-order valence-electron chi connectivity index (χ1n) is 7.55. The van der Waals surface area contributed by atoms with Crippen LogP contribution >= 0.6 is 11.6 Å². The van der Waals surface area contributed by atoms with E-state index in [0.717, 1.165) is 0 Å². The van der Waals surface area contributed by atoms with Gasteiger partial charge in [0.2, 0.25) is 0 Å². The van der Waals surface area contributed by atoms with Gasteiger partial charge in [-0.25, -0.2) is 0 Å². The molecule has 3 aromatic rings. The van der Waals surface area contributed by atoms with Crippen LogP contribution in [-0.4, -0.2) is 10.8 Å². The van der Waals surface area contributed by atoms with E-state index in [2.05, 4.69) is 5.32 Å². The molecule has 3 rings (SSSR count). The van der Waals surface area contributed by atoms with E-state index in [1.54, 1.807) is 42.5 Å². The lowest BCUT2D eigenvalue weighted by Gasteiger charge is -2.05. The maximum atomic E-state index is 12.2. The Morgan fingerprint density at radius 2 is 1.85 bits per heavy atom. The quantitative estimate of drug-likeness (QED) is 0.501. The summed E-state index contributed by atoms with van der Waals surface area (Å²) in [5.41, 5.74) is 0.323. The largest absolute Gasteiger partial charge is 0.479 e. The Morgan fingerprint density at radius 1 is 1.12 bits per heavy atom. The molecule has 0 atom stereocenters. The molecule has 0 unspecified atom stereocenters. The molecule has 0 fully saturated rings. The van der Waals surface area contributed by atoms with Crippen LogP contribution in [0.15, 0.2) is 65.1 Å². The summed E-state index contributed by atoms with van der Waals surface area (Å²) >= 11 is 6.00. The van der Waals surface area contributed by atoms with E-state index in [9.17, 15) is 14.9 Å². The number of ether oxygens (including phenoxy) is 1. The van der Waals surface area contributed by atoms with Gasteiger partial charge in [-0.3, -0.25) is 14.9 Å². The number of rotatable bonds is 6. The number of anilines is 1. The van der Waals surface area contributed by atoms with Gasteiger partial charge in [-0.15, -0.1) is 0 Å². The Bertz CT molecular complexity index is 954. The molecule has 1 N–H and O–H groups in total. The number of carbonyl (C=O) groups excluding carboxylic acids is 1. The van der Waals surface area contributed by atoms with E-state index < -0.39 is 10.8 Å². The number of carbonyl (C=O) groups is 1. The number of hydrogen-bond donors (Lipinski definition) is 1. The molecule has 132 valence electrons. The van der Waals surface area contributed by atoms with Crippen LogP contribution in [0.1, 0.15) is 16.3 Å². The first kappa shape index (κ1) is 17.5. The molecular formula is C18H13ClN2O5. The van der Waals surface area contributed by atoms with Gasteiger partial charge in [0.1, 0.15) is 12.4 Å². The van der Waals surface area contributed by atoms with E-state index in [0.29, 0.717) is 16.5 Å². The standard InChI is InChI=1S/C18H13ClN2O5/c19-13-5-1-2-6-14(13)20-18(22)17-10-9-12(26-17)11-25-16-8-4-3-7-15(16)21(23)24/h1-10H,11H2,(H,20,22). The van der Waals surface area contributed by atoms with Gasteiger partial charge in [0, 0.05) is 6.07 Å². The topological polar surface area (TPSA) is 94.6 Å². The predicted molar refractivity (Wildman–Crippen MR) is 95.5 cm³/mol. The van der Waals surface area contributed by atoms with E-state index in [-0.39, 0.29) is 23.8 Å². The van der Waals surface area contributed by atoms with Crippen LogP contribution in [0.2, 0.25) is 5.02 Å². The molecule has 1 aromatic heterocycles. The lowest BCUT2D eigenvalue weighted by Crippen LogP contribution is -2.11. The molecule has 7 nitrogen and oxygen atoms in total. The summed E-state index contributed by atoms with van der Waals surface area (Å²) in [4.78, 5) is 22.6. The molecule has 0 radical (unpaired) electrons. The summed E-state index contributed by atoms with van der Waals surface area (Å²) in [5.74, 6) is 0.0875. The van der Waals surface area contributed by atoms with E-state index in [1.165, 1.54) is 18.2 Å². The third-order valence-corrected chi connectivity index (χ3v) is 3.77. The minimum atomic E-state index is -0.528. The second kappa shape index (κ2) is 7.71. The number of para-hydroxylation sites is 3. The van der Waals surface area contributed by atoms with Gasteiger partial charge < -0.3 is 14.5 Å². The molecule has 26 heavy (non-hydrogen) atoms. The molecular weight excluding hydrogens is 360 g/mol. The molecule has 0 aliphatic rings. The van der Waals surface area contributed by atoms with Crippen molar-refractivity contribution in [1.82, 2.24) is 0 Å². The van der Waals surface area contributed by atoms with Gasteiger partial charge >= 0.3 is 5.69 Å². The summed E-state index contributed by atoms with van der Waals surface area (Å²) in [6.07, 6.45) is 0. The Labute approximate surface area is 153 Å². The van der Waals surface area contributed by atoms with Crippen LogP contribution in [0.3, 0.4) is 0 Å². The highest BCUT2D eigenvalue weighted by atomic mass is 35.5. The summed E-state index contributed by atoms with van der Waals surface area (Å²) in [6, 6.07) is 15.9. The zero-order valence-corrected chi connectivity index (χ0v) is 14.1. The fourth-order valence-corrected chi connectivity index (χ4v) is 2.39. The van der Waals surface area contributed by atoms with Crippen molar-refractivity contribution in [3.63, 3.8) is 0 Å². The predicted octanol–water partition coefficient (Wildman–Crippen LogP) is 4.67. The van der Waals surface area contributed by atoms with Gasteiger partial charge in [0.15, 0.2) is 11.5 Å². The van der Waals surface area contributed by atoms with Crippen molar-refractivity contribution < 1.29 is 18.9 Å². The average Bonchev–Trinajstić information content (AvgIpc) is 3.11. The molecule has 8 heteroatoms. The second-order valence-corrected chi connectivity index (χ2v) is 5.62. The molecule has 2 aromatic carbocycles. The minimum Gasteiger partial charge on any atom is -0.479 e. The number of benzene rings is 2. The monoisotopic (exact) mass is 372 g/mol. The Kier molecular flexibility index (Phi) is 5.19. The highest BCUT2D eigenvalue weighted by molar-refractivity contribution is 6.33. The third-order valence-electron chi connectivity index (χ3n) is 3.44. The smallest absolute Gasteiger partial charge is 0.310 e. The van der Waals surface area contributed by atoms with E-state index in [4.69, 9.17) is 20.8 Å². The summed E-state index contributed by atoms with van der Waals surface area (Å²) < 4.78 is 10.9. The number of hydrogen-bond acceptors (Lipinski definition) is 5. The highest BCUT2D eigenvalue weighted by Gasteiger charge is 2.16. The summed E-state index contributed by atoms with van der Waals surface area (Å²) in [7, 11) is 0. The normalized spacial score (nSPS) is 10.3. The van der Waals surface area contributed by atoms with Crippen molar-refractivity contribution in [2.45, 2.75) is 6.61 Å². The number of nitro groups is 1. The third kappa shape index (κ3) is 4.01. The molecule has 0 aliphatic heterocycles. The van der Waals surface area contributed by atoms with Gasteiger partial charge in [0.25, 0.3) is 5.91 Å².